The van der Waals surface area contributed by atoms with Crippen molar-refractivity contribution in [2.45, 2.75) is 20.8 Å². The molecule has 0 saturated carbocycles. The molecule has 0 aliphatic carbocycles. The predicted octanol–water partition coefficient (Wildman–Crippen LogP) is 4.17. The lowest BCUT2D eigenvalue weighted by Crippen LogP contribution is -2.40. The third-order valence-corrected chi connectivity index (χ3v) is 7.27. The normalized spacial score (nSPS) is 14.4. The molecule has 7 heteroatoms. The molecular weight excluding hydrogens is 400 g/mol. The van der Waals surface area contributed by atoms with Crippen molar-refractivity contribution >= 4 is 34.8 Å². The number of pyridine rings is 1. The molecule has 0 N–H and O–H groups in total. The van der Waals surface area contributed by atoms with E-state index in [1.807, 2.05) is 34.9 Å². The number of rotatable bonds is 9. The van der Waals surface area contributed by atoms with Crippen molar-refractivity contribution in [1.82, 2.24) is 14.8 Å². The minimum absolute atomic E-state index is 0.0955. The number of amides is 1. The SMILES string of the molecule is CCN(CC)CCN(CC)C(=O)c1ccc(-c2cccs2)nc1N1CCSCC1. The first-order valence-corrected chi connectivity index (χ1v) is 12.6. The molecule has 0 unspecified atom stereocenters. The van der Waals surface area contributed by atoms with Gasteiger partial charge in [0.25, 0.3) is 5.91 Å². The van der Waals surface area contributed by atoms with Crippen molar-refractivity contribution in [1.29, 1.82) is 0 Å². The van der Waals surface area contributed by atoms with Crippen LogP contribution in [0.5, 0.6) is 0 Å². The molecule has 0 radical (unpaired) electrons. The summed E-state index contributed by atoms with van der Waals surface area (Å²) >= 11 is 3.66. The number of hydrogen-bond acceptors (Lipinski definition) is 6. The second kappa shape index (κ2) is 11.0. The average molecular weight is 433 g/mol. The molecule has 0 spiro atoms. The van der Waals surface area contributed by atoms with Crippen LogP contribution in [0.4, 0.5) is 5.82 Å². The van der Waals surface area contributed by atoms with Gasteiger partial charge in [-0.3, -0.25) is 4.79 Å². The molecule has 1 fully saturated rings. The fraction of sp³-hybridized carbons (Fsp3) is 0.545. The molecule has 5 nitrogen and oxygen atoms in total. The number of aromatic nitrogens is 1. The predicted molar refractivity (Wildman–Crippen MR) is 126 cm³/mol. The number of hydrogen-bond donors (Lipinski definition) is 0. The van der Waals surface area contributed by atoms with E-state index in [0.29, 0.717) is 6.54 Å². The number of anilines is 1. The van der Waals surface area contributed by atoms with Gasteiger partial charge >= 0.3 is 0 Å². The van der Waals surface area contributed by atoms with Crippen LogP contribution >= 0.6 is 23.1 Å². The van der Waals surface area contributed by atoms with Crippen LogP contribution in [-0.2, 0) is 0 Å². The highest BCUT2D eigenvalue weighted by atomic mass is 32.2. The largest absolute Gasteiger partial charge is 0.354 e. The van der Waals surface area contributed by atoms with Gasteiger partial charge in [-0.1, -0.05) is 19.9 Å². The molecule has 1 amide bonds. The number of carbonyl (C=O) groups is 1. The Morgan fingerprint density at radius 1 is 1.07 bits per heavy atom. The topological polar surface area (TPSA) is 39.7 Å². The summed E-state index contributed by atoms with van der Waals surface area (Å²) in [7, 11) is 0. The zero-order valence-corrected chi connectivity index (χ0v) is 19.4. The first-order chi connectivity index (χ1) is 14.2. The molecule has 0 bridgehead atoms. The molecule has 1 aliphatic heterocycles. The van der Waals surface area contributed by atoms with E-state index >= 15 is 0 Å². The van der Waals surface area contributed by atoms with Gasteiger partial charge in [0.15, 0.2) is 0 Å². The summed E-state index contributed by atoms with van der Waals surface area (Å²) in [5.74, 6) is 3.11. The van der Waals surface area contributed by atoms with Crippen molar-refractivity contribution in [2.75, 3.05) is 62.2 Å². The Morgan fingerprint density at radius 3 is 2.45 bits per heavy atom. The molecule has 29 heavy (non-hydrogen) atoms. The van der Waals surface area contributed by atoms with E-state index < -0.39 is 0 Å². The Hall–Kier alpha value is -1.57. The molecule has 0 aromatic carbocycles. The lowest BCUT2D eigenvalue weighted by atomic mass is 10.1. The van der Waals surface area contributed by atoms with Crippen molar-refractivity contribution in [3.05, 3.63) is 35.2 Å². The van der Waals surface area contributed by atoms with Gasteiger partial charge < -0.3 is 14.7 Å². The molecule has 1 saturated heterocycles. The summed E-state index contributed by atoms with van der Waals surface area (Å²) < 4.78 is 0. The van der Waals surface area contributed by atoms with Gasteiger partial charge in [0, 0.05) is 44.2 Å². The van der Waals surface area contributed by atoms with Crippen molar-refractivity contribution in [3.63, 3.8) is 0 Å². The van der Waals surface area contributed by atoms with Crippen LogP contribution in [-0.4, -0.2) is 78.0 Å². The minimum Gasteiger partial charge on any atom is -0.354 e. The van der Waals surface area contributed by atoms with Crippen LogP contribution in [0.3, 0.4) is 0 Å². The van der Waals surface area contributed by atoms with E-state index in [-0.39, 0.29) is 5.91 Å². The van der Waals surface area contributed by atoms with Crippen LogP contribution in [0, 0.1) is 0 Å². The van der Waals surface area contributed by atoms with E-state index in [2.05, 4.69) is 42.0 Å². The molecule has 1 aliphatic rings. The van der Waals surface area contributed by atoms with Gasteiger partial charge in [-0.2, -0.15) is 11.8 Å². The van der Waals surface area contributed by atoms with Gasteiger partial charge in [0.2, 0.25) is 0 Å². The molecule has 2 aromatic rings. The Morgan fingerprint density at radius 2 is 1.83 bits per heavy atom. The minimum atomic E-state index is 0.0955. The van der Waals surface area contributed by atoms with Gasteiger partial charge in [-0.25, -0.2) is 4.98 Å². The first-order valence-electron chi connectivity index (χ1n) is 10.6. The molecule has 2 aromatic heterocycles. The van der Waals surface area contributed by atoms with Crippen LogP contribution in [0.25, 0.3) is 10.6 Å². The fourth-order valence-corrected chi connectivity index (χ4v) is 5.17. The second-order valence-electron chi connectivity index (χ2n) is 7.06. The highest BCUT2D eigenvalue weighted by Crippen LogP contribution is 2.29. The Labute approximate surface area is 183 Å². The Bertz CT molecular complexity index is 771. The second-order valence-corrected chi connectivity index (χ2v) is 9.23. The van der Waals surface area contributed by atoms with Crippen LogP contribution in [0.15, 0.2) is 29.6 Å². The highest BCUT2D eigenvalue weighted by molar-refractivity contribution is 7.99. The maximum atomic E-state index is 13.5. The van der Waals surface area contributed by atoms with Gasteiger partial charge in [0.05, 0.1) is 16.1 Å². The van der Waals surface area contributed by atoms with Crippen molar-refractivity contribution in [3.8, 4) is 10.6 Å². The maximum Gasteiger partial charge on any atom is 0.257 e. The van der Waals surface area contributed by atoms with E-state index in [4.69, 9.17) is 4.98 Å². The monoisotopic (exact) mass is 432 g/mol. The summed E-state index contributed by atoms with van der Waals surface area (Å²) in [4.78, 5) is 26.2. The van der Waals surface area contributed by atoms with Crippen LogP contribution in [0.2, 0.25) is 0 Å². The number of thioether (sulfide) groups is 1. The zero-order valence-electron chi connectivity index (χ0n) is 17.8. The van der Waals surface area contributed by atoms with Crippen LogP contribution < -0.4 is 4.90 Å². The summed E-state index contributed by atoms with van der Waals surface area (Å²) in [5.41, 5.74) is 1.69. The van der Waals surface area contributed by atoms with E-state index in [1.165, 1.54) is 0 Å². The standard InChI is InChI=1S/C22H32N4OS2/c1-4-24(5-2)11-12-25(6-3)22(27)18-9-10-19(20-8-7-15-29-20)23-21(18)26-13-16-28-17-14-26/h7-10,15H,4-6,11-14,16-17H2,1-3H3. The molecular formula is C22H32N4OS2. The van der Waals surface area contributed by atoms with Crippen molar-refractivity contribution in [2.24, 2.45) is 0 Å². The third kappa shape index (κ3) is 5.53. The Balaban J connectivity index is 1.88. The number of likely N-dealkylation sites (N-methyl/N-ethyl adjacent to an activating group) is 2. The van der Waals surface area contributed by atoms with Gasteiger partial charge in [-0.15, -0.1) is 11.3 Å². The fourth-order valence-electron chi connectivity index (χ4n) is 3.57. The Kier molecular flexibility index (Phi) is 8.39. The summed E-state index contributed by atoms with van der Waals surface area (Å²) in [6, 6.07) is 8.12. The molecule has 3 heterocycles. The smallest absolute Gasteiger partial charge is 0.257 e. The van der Waals surface area contributed by atoms with E-state index in [9.17, 15) is 4.79 Å². The third-order valence-electron chi connectivity index (χ3n) is 5.44. The number of thiophene rings is 1. The zero-order chi connectivity index (χ0) is 20.6. The first kappa shape index (κ1) is 22.1. The molecule has 158 valence electrons. The van der Waals surface area contributed by atoms with Crippen LogP contribution in [0.1, 0.15) is 31.1 Å². The number of carbonyl (C=O) groups excluding carboxylic acids is 1. The van der Waals surface area contributed by atoms with Gasteiger partial charge in [0.1, 0.15) is 5.82 Å². The quantitative estimate of drug-likeness (QED) is 0.595. The lowest BCUT2D eigenvalue weighted by molar-refractivity contribution is 0.0747. The molecule has 3 rings (SSSR count). The number of nitrogens with zero attached hydrogens (tertiary/aromatic N) is 4. The van der Waals surface area contributed by atoms with Gasteiger partial charge in [-0.05, 0) is 43.6 Å². The lowest BCUT2D eigenvalue weighted by Gasteiger charge is -2.31. The van der Waals surface area contributed by atoms with E-state index in [1.54, 1.807) is 11.3 Å². The highest BCUT2D eigenvalue weighted by Gasteiger charge is 2.24. The summed E-state index contributed by atoms with van der Waals surface area (Å²) in [6.07, 6.45) is 0. The summed E-state index contributed by atoms with van der Waals surface area (Å²) in [6.45, 7) is 12.7. The maximum absolute atomic E-state index is 13.5. The van der Waals surface area contributed by atoms with Crippen molar-refractivity contribution < 1.29 is 4.79 Å². The average Bonchev–Trinajstić information content (AvgIpc) is 3.32. The van der Waals surface area contributed by atoms with E-state index in [0.717, 1.165) is 72.7 Å². The summed E-state index contributed by atoms with van der Waals surface area (Å²) in [5, 5.41) is 2.07. The molecule has 0 atom stereocenters.